The van der Waals surface area contributed by atoms with Crippen molar-refractivity contribution in [2.45, 2.75) is 38.2 Å². The molecule has 5 nitrogen and oxygen atoms in total. The summed E-state index contributed by atoms with van der Waals surface area (Å²) in [5.41, 5.74) is 0.871. The first-order valence-corrected chi connectivity index (χ1v) is 8.87. The molecule has 2 heterocycles. The largest absolute Gasteiger partial charge is 0.378 e. The fourth-order valence-corrected chi connectivity index (χ4v) is 3.53. The van der Waals surface area contributed by atoms with Gasteiger partial charge in [0.2, 0.25) is 11.8 Å². The summed E-state index contributed by atoms with van der Waals surface area (Å²) in [5.74, 6) is -0.142. The fraction of sp³-hybridized carbons (Fsp3) is 0.579. The van der Waals surface area contributed by atoms with Gasteiger partial charge in [-0.2, -0.15) is 0 Å². The van der Waals surface area contributed by atoms with Crippen molar-refractivity contribution < 1.29 is 14.3 Å². The highest BCUT2D eigenvalue weighted by Gasteiger charge is 2.36. The highest BCUT2D eigenvalue weighted by Crippen LogP contribution is 2.26. The summed E-state index contributed by atoms with van der Waals surface area (Å²) in [6.07, 6.45) is 4.91. The lowest BCUT2D eigenvalue weighted by Crippen LogP contribution is -2.37. The third-order valence-corrected chi connectivity index (χ3v) is 4.98. The van der Waals surface area contributed by atoms with E-state index >= 15 is 0 Å². The van der Waals surface area contributed by atoms with E-state index < -0.39 is 0 Å². The normalized spacial score (nSPS) is 24.2. The van der Waals surface area contributed by atoms with Gasteiger partial charge < -0.3 is 14.5 Å². The first-order valence-electron chi connectivity index (χ1n) is 8.87. The zero-order valence-electron chi connectivity index (χ0n) is 14.3. The van der Waals surface area contributed by atoms with Gasteiger partial charge in [0.1, 0.15) is 0 Å². The van der Waals surface area contributed by atoms with Crippen LogP contribution in [0, 0.1) is 5.92 Å². The van der Waals surface area contributed by atoms with Gasteiger partial charge in [-0.3, -0.25) is 9.59 Å². The Labute approximate surface area is 143 Å². The SMILES string of the molecule is CN(CCC1CCCCO1)C(=O)C1CC(=O)N(c2ccccc2)C1. The first-order chi connectivity index (χ1) is 11.6. The Bertz CT molecular complexity index is 569. The lowest BCUT2D eigenvalue weighted by Gasteiger charge is -2.26. The number of ether oxygens (including phenoxy) is 1. The molecule has 2 atom stereocenters. The lowest BCUT2D eigenvalue weighted by molar-refractivity contribution is -0.135. The van der Waals surface area contributed by atoms with Gasteiger partial charge in [0.05, 0.1) is 12.0 Å². The number of hydrogen-bond acceptors (Lipinski definition) is 3. The minimum absolute atomic E-state index is 0.0311. The van der Waals surface area contributed by atoms with E-state index in [9.17, 15) is 9.59 Å². The van der Waals surface area contributed by atoms with Crippen molar-refractivity contribution in [2.75, 3.05) is 31.6 Å². The molecule has 0 radical (unpaired) electrons. The molecule has 130 valence electrons. The molecule has 5 heteroatoms. The third-order valence-electron chi connectivity index (χ3n) is 4.98. The lowest BCUT2D eigenvalue weighted by atomic mass is 10.0. The van der Waals surface area contributed by atoms with E-state index in [0.29, 0.717) is 19.5 Å². The van der Waals surface area contributed by atoms with Crippen LogP contribution in [0.3, 0.4) is 0 Å². The Balaban J connectivity index is 1.52. The van der Waals surface area contributed by atoms with Gasteiger partial charge in [-0.05, 0) is 37.8 Å². The molecule has 2 fully saturated rings. The molecule has 0 aromatic heterocycles. The molecule has 0 saturated carbocycles. The summed E-state index contributed by atoms with van der Waals surface area (Å²) >= 11 is 0. The minimum Gasteiger partial charge on any atom is -0.378 e. The molecule has 2 amide bonds. The van der Waals surface area contributed by atoms with Crippen LogP contribution in [0.1, 0.15) is 32.1 Å². The number of amides is 2. The second kappa shape index (κ2) is 7.79. The van der Waals surface area contributed by atoms with E-state index in [0.717, 1.165) is 31.6 Å². The number of para-hydroxylation sites is 1. The smallest absolute Gasteiger partial charge is 0.227 e. The van der Waals surface area contributed by atoms with Crippen LogP contribution in [0.5, 0.6) is 0 Å². The summed E-state index contributed by atoms with van der Waals surface area (Å²) in [7, 11) is 1.83. The van der Waals surface area contributed by atoms with Gasteiger partial charge in [0, 0.05) is 38.9 Å². The van der Waals surface area contributed by atoms with Crippen molar-refractivity contribution in [1.29, 1.82) is 0 Å². The molecule has 2 saturated heterocycles. The van der Waals surface area contributed by atoms with Crippen molar-refractivity contribution in [3.63, 3.8) is 0 Å². The number of hydrogen-bond donors (Lipinski definition) is 0. The van der Waals surface area contributed by atoms with Gasteiger partial charge in [0.25, 0.3) is 0 Å². The fourth-order valence-electron chi connectivity index (χ4n) is 3.53. The Morgan fingerprint density at radius 3 is 2.79 bits per heavy atom. The van der Waals surface area contributed by atoms with Crippen LogP contribution in [0.4, 0.5) is 5.69 Å². The Hall–Kier alpha value is -1.88. The van der Waals surface area contributed by atoms with E-state index in [4.69, 9.17) is 4.74 Å². The zero-order valence-corrected chi connectivity index (χ0v) is 14.3. The molecule has 0 N–H and O–H groups in total. The standard InChI is InChI=1S/C19H26N2O3/c1-20(11-10-17-9-5-6-12-24-17)19(23)15-13-18(22)21(14-15)16-7-3-2-4-8-16/h2-4,7-8,15,17H,5-6,9-14H2,1H3. The van der Waals surface area contributed by atoms with Crippen LogP contribution < -0.4 is 4.90 Å². The average molecular weight is 330 g/mol. The predicted molar refractivity (Wildman–Crippen MR) is 92.7 cm³/mol. The van der Waals surface area contributed by atoms with E-state index in [-0.39, 0.29) is 23.8 Å². The summed E-state index contributed by atoms with van der Waals surface area (Å²) in [6.45, 7) is 2.01. The summed E-state index contributed by atoms with van der Waals surface area (Å²) in [4.78, 5) is 28.4. The average Bonchev–Trinajstić information content (AvgIpc) is 3.02. The molecule has 0 aliphatic carbocycles. The molecule has 0 spiro atoms. The van der Waals surface area contributed by atoms with Crippen LogP contribution in [0.25, 0.3) is 0 Å². The van der Waals surface area contributed by atoms with E-state index in [1.165, 1.54) is 6.42 Å². The van der Waals surface area contributed by atoms with Crippen LogP contribution in [0.15, 0.2) is 30.3 Å². The number of anilines is 1. The van der Waals surface area contributed by atoms with Crippen molar-refractivity contribution in [1.82, 2.24) is 4.90 Å². The first kappa shape index (κ1) is 17.0. The van der Waals surface area contributed by atoms with Gasteiger partial charge in [-0.1, -0.05) is 18.2 Å². The summed E-state index contributed by atoms with van der Waals surface area (Å²) in [5, 5.41) is 0. The van der Waals surface area contributed by atoms with Gasteiger partial charge in [-0.15, -0.1) is 0 Å². The van der Waals surface area contributed by atoms with Gasteiger partial charge >= 0.3 is 0 Å². The predicted octanol–water partition coefficient (Wildman–Crippen LogP) is 2.46. The maximum atomic E-state index is 12.6. The number of carbonyl (C=O) groups excluding carboxylic acids is 2. The Morgan fingerprint density at radius 1 is 1.29 bits per heavy atom. The van der Waals surface area contributed by atoms with E-state index in [1.807, 2.05) is 37.4 Å². The second-order valence-electron chi connectivity index (χ2n) is 6.78. The van der Waals surface area contributed by atoms with E-state index in [2.05, 4.69) is 0 Å². The number of carbonyl (C=O) groups is 2. The molecule has 2 unspecified atom stereocenters. The monoisotopic (exact) mass is 330 g/mol. The zero-order chi connectivity index (χ0) is 16.9. The molecule has 24 heavy (non-hydrogen) atoms. The molecular formula is C19H26N2O3. The Morgan fingerprint density at radius 2 is 2.08 bits per heavy atom. The molecular weight excluding hydrogens is 304 g/mol. The molecule has 2 aliphatic heterocycles. The quantitative estimate of drug-likeness (QED) is 0.833. The topological polar surface area (TPSA) is 49.9 Å². The minimum atomic E-state index is -0.241. The molecule has 3 rings (SSSR count). The van der Waals surface area contributed by atoms with Gasteiger partial charge in [0.15, 0.2) is 0 Å². The molecule has 1 aromatic carbocycles. The van der Waals surface area contributed by atoms with Gasteiger partial charge in [-0.25, -0.2) is 0 Å². The third kappa shape index (κ3) is 3.96. The maximum Gasteiger partial charge on any atom is 0.227 e. The number of rotatable bonds is 5. The van der Waals surface area contributed by atoms with Crippen LogP contribution >= 0.6 is 0 Å². The van der Waals surface area contributed by atoms with Crippen LogP contribution in [-0.2, 0) is 14.3 Å². The second-order valence-corrected chi connectivity index (χ2v) is 6.78. The van der Waals surface area contributed by atoms with Crippen molar-refractivity contribution in [2.24, 2.45) is 5.92 Å². The highest BCUT2D eigenvalue weighted by atomic mass is 16.5. The highest BCUT2D eigenvalue weighted by molar-refractivity contribution is 6.00. The van der Waals surface area contributed by atoms with E-state index in [1.54, 1.807) is 9.80 Å². The molecule has 2 aliphatic rings. The molecule has 0 bridgehead atoms. The number of nitrogens with zero attached hydrogens (tertiary/aromatic N) is 2. The maximum absolute atomic E-state index is 12.6. The van der Waals surface area contributed by atoms with Crippen molar-refractivity contribution >= 4 is 17.5 Å². The van der Waals surface area contributed by atoms with Crippen molar-refractivity contribution in [3.05, 3.63) is 30.3 Å². The summed E-state index contributed by atoms with van der Waals surface area (Å²) in [6, 6.07) is 9.57. The Kier molecular flexibility index (Phi) is 5.51. The summed E-state index contributed by atoms with van der Waals surface area (Å²) < 4.78 is 5.73. The molecule has 1 aromatic rings. The van der Waals surface area contributed by atoms with Crippen molar-refractivity contribution in [3.8, 4) is 0 Å². The number of benzene rings is 1. The van der Waals surface area contributed by atoms with Crippen LogP contribution in [0.2, 0.25) is 0 Å². The van der Waals surface area contributed by atoms with Crippen LogP contribution in [-0.4, -0.2) is 49.6 Å².